The summed E-state index contributed by atoms with van der Waals surface area (Å²) < 4.78 is 4.60. The first kappa shape index (κ1) is 14.5. The van der Waals surface area contributed by atoms with Gasteiger partial charge in [-0.3, -0.25) is 14.6 Å². The Bertz CT molecular complexity index is 521. The van der Waals surface area contributed by atoms with Gasteiger partial charge in [-0.2, -0.15) is 0 Å². The average molecular weight is 280 g/mol. The topological polar surface area (TPSA) is 78.5 Å². The molecule has 1 N–H and O–H groups in total. The predicted molar refractivity (Wildman–Crippen MR) is 74.9 cm³/mol. The molecular weight excluding hydrogens is 260 g/mol. The van der Waals surface area contributed by atoms with Gasteiger partial charge in [-0.1, -0.05) is 6.92 Å². The molecule has 0 aliphatic carbocycles. The Morgan fingerprint density at radius 3 is 2.70 bits per heavy atom. The number of rotatable bonds is 4. The maximum Gasteiger partial charge on any atom is 0.311 e. The minimum Gasteiger partial charge on any atom is -0.469 e. The van der Waals surface area contributed by atoms with Gasteiger partial charge >= 0.3 is 5.97 Å². The summed E-state index contributed by atoms with van der Waals surface area (Å²) in [5.74, 6) is 0.136. The lowest BCUT2D eigenvalue weighted by molar-refractivity contribution is -0.139. The van der Waals surface area contributed by atoms with Crippen LogP contribution in [0.25, 0.3) is 0 Å². The fourth-order valence-electron chi connectivity index (χ4n) is 2.23. The molecule has 7 heteroatoms. The van der Waals surface area contributed by atoms with Crippen molar-refractivity contribution in [3.8, 4) is 0 Å². The summed E-state index contributed by atoms with van der Waals surface area (Å²) in [4.78, 5) is 34.4. The molecule has 0 amide bonds. The van der Waals surface area contributed by atoms with E-state index in [-0.39, 0.29) is 12.0 Å². The van der Waals surface area contributed by atoms with Gasteiger partial charge in [0.25, 0.3) is 5.56 Å². The highest BCUT2D eigenvalue weighted by atomic mass is 16.5. The molecule has 0 unspecified atom stereocenters. The van der Waals surface area contributed by atoms with E-state index in [1.165, 1.54) is 13.2 Å². The van der Waals surface area contributed by atoms with Crippen LogP contribution in [-0.4, -0.2) is 60.7 Å². The smallest absolute Gasteiger partial charge is 0.311 e. The molecule has 1 aliphatic rings. The van der Waals surface area contributed by atoms with E-state index in [1.54, 1.807) is 0 Å². The number of likely N-dealkylation sites (N-methyl/N-ethyl adjacent to an activating group) is 1. The first-order valence-electron chi connectivity index (χ1n) is 6.76. The molecule has 2 heterocycles. The Labute approximate surface area is 117 Å². The number of hydrogen-bond donors (Lipinski definition) is 1. The second-order valence-corrected chi connectivity index (χ2v) is 4.73. The molecule has 1 aliphatic heterocycles. The highest BCUT2D eigenvalue weighted by Gasteiger charge is 2.18. The standard InChI is InChI=1S/C13H20N4O3/c1-3-16-4-6-17(7-5-16)13-14-10(8-11(18)15-13)9-12(19)20-2/h8H,3-7,9H2,1-2H3,(H,14,15,18). The number of ether oxygens (including phenoxy) is 1. The number of H-pyrrole nitrogens is 1. The molecular formula is C13H20N4O3. The van der Waals surface area contributed by atoms with Crippen LogP contribution in [0.2, 0.25) is 0 Å². The number of aromatic nitrogens is 2. The van der Waals surface area contributed by atoms with Crippen molar-refractivity contribution in [2.24, 2.45) is 0 Å². The molecule has 0 bridgehead atoms. The number of carbonyl (C=O) groups excluding carboxylic acids is 1. The van der Waals surface area contributed by atoms with E-state index in [2.05, 4.69) is 26.5 Å². The highest BCUT2D eigenvalue weighted by molar-refractivity contribution is 5.71. The van der Waals surface area contributed by atoms with Crippen LogP contribution in [0.1, 0.15) is 12.6 Å². The second-order valence-electron chi connectivity index (χ2n) is 4.73. The van der Waals surface area contributed by atoms with Gasteiger partial charge in [-0.25, -0.2) is 4.98 Å². The van der Waals surface area contributed by atoms with E-state index >= 15 is 0 Å². The second kappa shape index (κ2) is 6.51. The maximum atomic E-state index is 11.7. The molecule has 1 fully saturated rings. The summed E-state index contributed by atoms with van der Waals surface area (Å²) >= 11 is 0. The van der Waals surface area contributed by atoms with Crippen LogP contribution in [0, 0.1) is 0 Å². The van der Waals surface area contributed by atoms with Gasteiger partial charge in [0.1, 0.15) is 0 Å². The van der Waals surface area contributed by atoms with Gasteiger partial charge in [-0.05, 0) is 6.54 Å². The SMILES string of the molecule is CCN1CCN(c2nc(CC(=O)OC)cc(=O)[nH]2)CC1. The third kappa shape index (κ3) is 3.57. The minimum absolute atomic E-state index is 0.0162. The largest absolute Gasteiger partial charge is 0.469 e. The third-order valence-electron chi connectivity index (χ3n) is 3.45. The van der Waals surface area contributed by atoms with Crippen molar-refractivity contribution in [3.63, 3.8) is 0 Å². The number of methoxy groups -OCH3 is 1. The number of hydrogen-bond acceptors (Lipinski definition) is 6. The van der Waals surface area contributed by atoms with Crippen molar-refractivity contribution in [2.45, 2.75) is 13.3 Å². The number of piperazine rings is 1. The van der Waals surface area contributed by atoms with Crippen molar-refractivity contribution in [3.05, 3.63) is 22.1 Å². The molecule has 20 heavy (non-hydrogen) atoms. The molecule has 110 valence electrons. The van der Waals surface area contributed by atoms with E-state index in [0.29, 0.717) is 11.6 Å². The number of nitrogens with one attached hydrogen (secondary N) is 1. The molecule has 0 radical (unpaired) electrons. The number of esters is 1. The summed E-state index contributed by atoms with van der Waals surface area (Å²) in [6, 6.07) is 1.34. The third-order valence-corrected chi connectivity index (χ3v) is 3.45. The Morgan fingerprint density at radius 1 is 1.40 bits per heavy atom. The van der Waals surface area contributed by atoms with Crippen LogP contribution >= 0.6 is 0 Å². The van der Waals surface area contributed by atoms with Crippen LogP contribution in [0.4, 0.5) is 5.95 Å². The number of nitrogens with zero attached hydrogens (tertiary/aromatic N) is 3. The van der Waals surface area contributed by atoms with Gasteiger partial charge < -0.3 is 14.5 Å². The van der Waals surface area contributed by atoms with Gasteiger partial charge in [0.05, 0.1) is 19.2 Å². The molecule has 0 saturated carbocycles. The molecule has 1 saturated heterocycles. The molecule has 7 nitrogen and oxygen atoms in total. The Morgan fingerprint density at radius 2 is 2.10 bits per heavy atom. The molecule has 1 aromatic heterocycles. The maximum absolute atomic E-state index is 11.7. The summed E-state index contributed by atoms with van der Waals surface area (Å²) in [7, 11) is 1.32. The number of anilines is 1. The fraction of sp³-hybridized carbons (Fsp3) is 0.615. The van der Waals surface area contributed by atoms with Crippen molar-refractivity contribution in [1.82, 2.24) is 14.9 Å². The quantitative estimate of drug-likeness (QED) is 0.758. The first-order valence-corrected chi connectivity index (χ1v) is 6.76. The zero-order valence-corrected chi connectivity index (χ0v) is 11.9. The monoisotopic (exact) mass is 280 g/mol. The van der Waals surface area contributed by atoms with E-state index < -0.39 is 5.97 Å². The van der Waals surface area contributed by atoms with E-state index in [4.69, 9.17) is 0 Å². The van der Waals surface area contributed by atoms with Crippen LogP contribution in [0.5, 0.6) is 0 Å². The predicted octanol–water partition coefficient (Wildman–Crippen LogP) is -0.373. The van der Waals surface area contributed by atoms with Crippen LogP contribution in [0.3, 0.4) is 0 Å². The summed E-state index contributed by atoms with van der Waals surface area (Å²) in [5, 5.41) is 0. The van der Waals surface area contributed by atoms with Crippen LogP contribution in [-0.2, 0) is 16.0 Å². The lowest BCUT2D eigenvalue weighted by Crippen LogP contribution is -2.47. The Kier molecular flexibility index (Phi) is 4.73. The van der Waals surface area contributed by atoms with Crippen molar-refractivity contribution in [2.75, 3.05) is 44.7 Å². The lowest BCUT2D eigenvalue weighted by Gasteiger charge is -2.34. The van der Waals surface area contributed by atoms with Gasteiger partial charge in [0, 0.05) is 32.2 Å². The van der Waals surface area contributed by atoms with E-state index in [1.807, 2.05) is 4.90 Å². The lowest BCUT2D eigenvalue weighted by atomic mass is 10.3. The van der Waals surface area contributed by atoms with Crippen LogP contribution < -0.4 is 10.5 Å². The van der Waals surface area contributed by atoms with Crippen LogP contribution in [0.15, 0.2) is 10.9 Å². The Hall–Kier alpha value is -1.89. The molecule has 0 aromatic carbocycles. The average Bonchev–Trinajstić information content (AvgIpc) is 2.46. The first-order chi connectivity index (χ1) is 9.62. The molecule has 0 spiro atoms. The number of aromatic amines is 1. The van der Waals surface area contributed by atoms with Gasteiger partial charge in [0.2, 0.25) is 5.95 Å². The van der Waals surface area contributed by atoms with E-state index in [9.17, 15) is 9.59 Å². The molecule has 0 atom stereocenters. The van der Waals surface area contributed by atoms with Crippen molar-refractivity contribution in [1.29, 1.82) is 0 Å². The summed E-state index contributed by atoms with van der Waals surface area (Å²) in [6.07, 6.45) is 0.0162. The molecule has 2 rings (SSSR count). The van der Waals surface area contributed by atoms with Crippen molar-refractivity contribution >= 4 is 11.9 Å². The summed E-state index contributed by atoms with van der Waals surface area (Å²) in [5.41, 5.74) is 0.195. The summed E-state index contributed by atoms with van der Waals surface area (Å²) in [6.45, 7) is 6.69. The van der Waals surface area contributed by atoms with Gasteiger partial charge in [0.15, 0.2) is 0 Å². The van der Waals surface area contributed by atoms with Gasteiger partial charge in [-0.15, -0.1) is 0 Å². The van der Waals surface area contributed by atoms with Crippen molar-refractivity contribution < 1.29 is 9.53 Å². The normalized spacial score (nSPS) is 16.2. The minimum atomic E-state index is -0.398. The number of carbonyl (C=O) groups is 1. The highest BCUT2D eigenvalue weighted by Crippen LogP contribution is 2.10. The Balaban J connectivity index is 2.12. The zero-order chi connectivity index (χ0) is 14.5. The van der Waals surface area contributed by atoms with E-state index in [0.717, 1.165) is 32.7 Å². The zero-order valence-electron chi connectivity index (χ0n) is 11.9. The molecule has 1 aromatic rings. The fourth-order valence-corrected chi connectivity index (χ4v) is 2.23.